The number of hydrogen-bond acceptors (Lipinski definition) is 3. The lowest BCUT2D eigenvalue weighted by Gasteiger charge is -2.13. The van der Waals surface area contributed by atoms with Gasteiger partial charge < -0.3 is 20.5 Å². The van der Waals surface area contributed by atoms with Gasteiger partial charge in [-0.25, -0.2) is 9.59 Å². The van der Waals surface area contributed by atoms with Gasteiger partial charge in [0.1, 0.15) is 5.56 Å². The van der Waals surface area contributed by atoms with Crippen molar-refractivity contribution in [1.29, 1.82) is 0 Å². The summed E-state index contributed by atoms with van der Waals surface area (Å²) in [6.45, 7) is 2.87. The third kappa shape index (κ3) is 4.71. The fourth-order valence-electron chi connectivity index (χ4n) is 1.62. The van der Waals surface area contributed by atoms with E-state index in [9.17, 15) is 9.59 Å². The van der Waals surface area contributed by atoms with Gasteiger partial charge in [-0.1, -0.05) is 24.6 Å². The van der Waals surface area contributed by atoms with Gasteiger partial charge in [0.2, 0.25) is 0 Å². The molecule has 2 amide bonds. The first-order chi connectivity index (χ1) is 9.45. The van der Waals surface area contributed by atoms with Gasteiger partial charge in [0, 0.05) is 13.7 Å². The maximum absolute atomic E-state index is 11.7. The summed E-state index contributed by atoms with van der Waals surface area (Å²) in [5, 5.41) is 14.3. The first-order valence-electron chi connectivity index (χ1n) is 6.01. The van der Waals surface area contributed by atoms with Crippen LogP contribution in [0, 0.1) is 5.92 Å². The van der Waals surface area contributed by atoms with Gasteiger partial charge in [-0.15, -0.1) is 0 Å². The number of carboxylic acids is 1. The number of anilines is 1. The smallest absolute Gasteiger partial charge is 0.339 e. The van der Waals surface area contributed by atoms with Crippen LogP contribution in [-0.2, 0) is 4.74 Å². The maximum Gasteiger partial charge on any atom is 0.339 e. The highest BCUT2D eigenvalue weighted by Gasteiger charge is 2.16. The number of hydrogen-bond donors (Lipinski definition) is 3. The van der Waals surface area contributed by atoms with Crippen LogP contribution < -0.4 is 10.6 Å². The lowest BCUT2D eigenvalue weighted by atomic mass is 10.2. The van der Waals surface area contributed by atoms with Crippen LogP contribution in [-0.4, -0.2) is 37.4 Å². The van der Waals surface area contributed by atoms with E-state index in [-0.39, 0.29) is 22.2 Å². The lowest BCUT2D eigenvalue weighted by molar-refractivity contribution is 0.0698. The normalized spacial score (nSPS) is 11.8. The third-order valence-corrected chi connectivity index (χ3v) is 2.85. The molecule has 1 rings (SSSR count). The van der Waals surface area contributed by atoms with Crippen molar-refractivity contribution in [1.82, 2.24) is 5.32 Å². The van der Waals surface area contributed by atoms with E-state index in [0.29, 0.717) is 13.2 Å². The van der Waals surface area contributed by atoms with Gasteiger partial charge in [0.15, 0.2) is 0 Å². The van der Waals surface area contributed by atoms with Crippen molar-refractivity contribution in [2.24, 2.45) is 5.92 Å². The fourth-order valence-corrected chi connectivity index (χ4v) is 1.88. The SMILES string of the molecule is COCC(C)CNC(=O)Nc1cccc(Cl)c1C(=O)O. The Hall–Kier alpha value is -1.79. The first kappa shape index (κ1) is 16.3. The number of halogens is 1. The molecule has 1 aromatic rings. The third-order valence-electron chi connectivity index (χ3n) is 2.54. The number of benzene rings is 1. The molecule has 0 aliphatic rings. The van der Waals surface area contributed by atoms with Crippen molar-refractivity contribution in [3.8, 4) is 0 Å². The fraction of sp³-hybridized carbons (Fsp3) is 0.385. The number of methoxy groups -OCH3 is 1. The molecule has 0 radical (unpaired) electrons. The molecule has 110 valence electrons. The molecule has 0 aliphatic carbocycles. The van der Waals surface area contributed by atoms with Crippen LogP contribution in [0.15, 0.2) is 18.2 Å². The molecule has 6 nitrogen and oxygen atoms in total. The van der Waals surface area contributed by atoms with Gasteiger partial charge >= 0.3 is 12.0 Å². The van der Waals surface area contributed by atoms with Crippen molar-refractivity contribution in [3.63, 3.8) is 0 Å². The molecular weight excluding hydrogens is 284 g/mol. The highest BCUT2D eigenvalue weighted by Crippen LogP contribution is 2.24. The maximum atomic E-state index is 11.7. The monoisotopic (exact) mass is 300 g/mol. The van der Waals surface area contributed by atoms with Gasteiger partial charge in [0.05, 0.1) is 17.3 Å². The molecule has 0 spiro atoms. The van der Waals surface area contributed by atoms with Crippen LogP contribution in [0.4, 0.5) is 10.5 Å². The number of carbonyl (C=O) groups is 2. The van der Waals surface area contributed by atoms with E-state index in [2.05, 4.69) is 10.6 Å². The summed E-state index contributed by atoms with van der Waals surface area (Å²) in [4.78, 5) is 22.8. The Labute approximate surface area is 122 Å². The number of carboxylic acid groups (broad SMARTS) is 1. The van der Waals surface area contributed by atoms with E-state index >= 15 is 0 Å². The van der Waals surface area contributed by atoms with Gasteiger partial charge in [-0.3, -0.25) is 0 Å². The number of carbonyl (C=O) groups excluding carboxylic acids is 1. The molecule has 1 unspecified atom stereocenters. The average molecular weight is 301 g/mol. The summed E-state index contributed by atoms with van der Waals surface area (Å²) in [5.74, 6) is -1.04. The van der Waals surface area contributed by atoms with E-state index in [1.54, 1.807) is 13.2 Å². The summed E-state index contributed by atoms with van der Waals surface area (Å²) in [6, 6.07) is 4.01. The Morgan fingerprint density at radius 2 is 2.15 bits per heavy atom. The van der Waals surface area contributed by atoms with E-state index in [4.69, 9.17) is 21.4 Å². The van der Waals surface area contributed by atoms with Crippen molar-refractivity contribution in [2.45, 2.75) is 6.92 Å². The Morgan fingerprint density at radius 3 is 2.75 bits per heavy atom. The molecule has 7 heteroatoms. The van der Waals surface area contributed by atoms with Crippen LogP contribution in [0.5, 0.6) is 0 Å². The zero-order valence-corrected chi connectivity index (χ0v) is 12.0. The molecule has 0 saturated heterocycles. The van der Waals surface area contributed by atoms with Crippen LogP contribution in [0.1, 0.15) is 17.3 Å². The average Bonchev–Trinajstić information content (AvgIpc) is 2.36. The van der Waals surface area contributed by atoms with Crippen molar-refractivity contribution in [3.05, 3.63) is 28.8 Å². The Kier molecular flexibility index (Phi) is 6.27. The minimum atomic E-state index is -1.20. The second-order valence-corrected chi connectivity index (χ2v) is 4.77. The summed E-state index contributed by atoms with van der Waals surface area (Å²) >= 11 is 5.81. The Balaban J connectivity index is 2.67. The summed E-state index contributed by atoms with van der Waals surface area (Å²) < 4.78 is 4.95. The number of urea groups is 1. The first-order valence-corrected chi connectivity index (χ1v) is 6.39. The summed E-state index contributed by atoms with van der Waals surface area (Å²) in [5.41, 5.74) is 0.0242. The number of aromatic carboxylic acids is 1. The van der Waals surface area contributed by atoms with Crippen molar-refractivity contribution >= 4 is 29.3 Å². The number of amides is 2. The molecule has 0 bridgehead atoms. The van der Waals surface area contributed by atoms with Crippen molar-refractivity contribution < 1.29 is 19.4 Å². The molecule has 3 N–H and O–H groups in total. The second-order valence-electron chi connectivity index (χ2n) is 4.36. The van der Waals surface area contributed by atoms with Crippen LogP contribution >= 0.6 is 11.6 Å². The summed E-state index contributed by atoms with van der Waals surface area (Å²) in [7, 11) is 1.58. The predicted octanol–water partition coefficient (Wildman–Crippen LogP) is 2.44. The molecule has 0 fully saturated rings. The van der Waals surface area contributed by atoms with Gasteiger partial charge in [0.25, 0.3) is 0 Å². The Morgan fingerprint density at radius 1 is 1.45 bits per heavy atom. The highest BCUT2D eigenvalue weighted by atomic mass is 35.5. The van der Waals surface area contributed by atoms with E-state index in [0.717, 1.165) is 0 Å². The zero-order valence-electron chi connectivity index (χ0n) is 11.3. The van der Waals surface area contributed by atoms with Crippen LogP contribution in [0.25, 0.3) is 0 Å². The lowest BCUT2D eigenvalue weighted by Crippen LogP contribution is -2.33. The molecule has 0 heterocycles. The topological polar surface area (TPSA) is 87.7 Å². The largest absolute Gasteiger partial charge is 0.478 e. The number of ether oxygens (including phenoxy) is 1. The second kappa shape index (κ2) is 7.72. The molecular formula is C13H17ClN2O4. The minimum absolute atomic E-state index is 0.0723. The van der Waals surface area contributed by atoms with Crippen LogP contribution in [0.3, 0.4) is 0 Å². The molecule has 0 aromatic heterocycles. The van der Waals surface area contributed by atoms with E-state index < -0.39 is 12.0 Å². The highest BCUT2D eigenvalue weighted by molar-refractivity contribution is 6.34. The van der Waals surface area contributed by atoms with Gasteiger partial charge in [-0.05, 0) is 18.1 Å². The van der Waals surface area contributed by atoms with Crippen LogP contribution in [0.2, 0.25) is 5.02 Å². The summed E-state index contributed by atoms with van der Waals surface area (Å²) in [6.07, 6.45) is 0. The number of rotatable bonds is 6. The minimum Gasteiger partial charge on any atom is -0.478 e. The van der Waals surface area contributed by atoms with E-state index in [1.807, 2.05) is 6.92 Å². The standard InChI is InChI=1S/C13H17ClN2O4/c1-8(7-20-2)6-15-13(19)16-10-5-3-4-9(14)11(10)12(17)18/h3-5,8H,6-7H2,1-2H3,(H,17,18)(H2,15,16,19). The van der Waals surface area contributed by atoms with Gasteiger partial charge in [-0.2, -0.15) is 0 Å². The molecule has 0 aliphatic heterocycles. The number of nitrogens with one attached hydrogen (secondary N) is 2. The molecule has 0 saturated carbocycles. The van der Waals surface area contributed by atoms with E-state index in [1.165, 1.54) is 12.1 Å². The predicted molar refractivity (Wildman–Crippen MR) is 76.5 cm³/mol. The quantitative estimate of drug-likeness (QED) is 0.753. The molecule has 1 aromatic carbocycles. The molecule has 1 atom stereocenters. The van der Waals surface area contributed by atoms with Crippen molar-refractivity contribution in [2.75, 3.05) is 25.6 Å². The Bertz CT molecular complexity index is 493. The molecule has 20 heavy (non-hydrogen) atoms. The zero-order chi connectivity index (χ0) is 15.1.